The molecule has 1 aromatic rings. The van der Waals surface area contributed by atoms with E-state index in [9.17, 15) is 13.5 Å². The molecule has 0 unspecified atom stereocenters. The fourth-order valence-corrected chi connectivity index (χ4v) is 5.46. The summed E-state index contributed by atoms with van der Waals surface area (Å²) in [5.74, 6) is 1.00. The summed E-state index contributed by atoms with van der Waals surface area (Å²) in [6, 6.07) is 5.38. The van der Waals surface area contributed by atoms with Crippen LogP contribution in [0.15, 0.2) is 18.2 Å². The lowest BCUT2D eigenvalue weighted by atomic mass is 10.00. The predicted molar refractivity (Wildman–Crippen MR) is 77.1 cm³/mol. The van der Waals surface area contributed by atoms with Crippen molar-refractivity contribution in [2.45, 2.75) is 18.1 Å². The number of aliphatic hydroxyl groups is 1. The Labute approximate surface area is 123 Å². The molecule has 3 atom stereocenters. The standard InChI is InChI=1S/C14H19NO5S/c1-2-21(17,18)13-12(14(13,6-15)7-16)9-3-4-10-11(5-9)20-8-19-10/h3-5,12-13,16H,2,6-8,15H2,1H3/t12-,13+,14-/m1/s1. The average Bonchev–Trinajstić information content (AvgIpc) is 2.98. The predicted octanol–water partition coefficient (Wildman–Crippen LogP) is 0.253. The van der Waals surface area contributed by atoms with E-state index in [0.717, 1.165) is 5.56 Å². The molecule has 21 heavy (non-hydrogen) atoms. The zero-order valence-corrected chi connectivity index (χ0v) is 12.6. The monoisotopic (exact) mass is 313 g/mol. The molecule has 0 amide bonds. The van der Waals surface area contributed by atoms with Crippen LogP contribution in [0.4, 0.5) is 0 Å². The highest BCUT2D eigenvalue weighted by molar-refractivity contribution is 7.92. The van der Waals surface area contributed by atoms with Crippen LogP contribution in [0.1, 0.15) is 18.4 Å². The minimum Gasteiger partial charge on any atom is -0.454 e. The lowest BCUT2D eigenvalue weighted by molar-refractivity contribution is 0.174. The van der Waals surface area contributed by atoms with Gasteiger partial charge < -0.3 is 20.3 Å². The number of hydrogen-bond donors (Lipinski definition) is 2. The van der Waals surface area contributed by atoms with Gasteiger partial charge in [0, 0.05) is 23.6 Å². The summed E-state index contributed by atoms with van der Waals surface area (Å²) in [6.45, 7) is 1.67. The van der Waals surface area contributed by atoms with Crippen molar-refractivity contribution in [1.29, 1.82) is 0 Å². The van der Waals surface area contributed by atoms with Gasteiger partial charge in [0.15, 0.2) is 21.3 Å². The van der Waals surface area contributed by atoms with Crippen molar-refractivity contribution in [2.75, 3.05) is 25.7 Å². The molecule has 3 N–H and O–H groups in total. The van der Waals surface area contributed by atoms with Crippen LogP contribution in [0.2, 0.25) is 0 Å². The Morgan fingerprint density at radius 3 is 2.71 bits per heavy atom. The summed E-state index contributed by atoms with van der Waals surface area (Å²) < 4.78 is 35.2. The summed E-state index contributed by atoms with van der Waals surface area (Å²) >= 11 is 0. The van der Waals surface area contributed by atoms with E-state index in [4.69, 9.17) is 15.2 Å². The summed E-state index contributed by atoms with van der Waals surface area (Å²) in [4.78, 5) is 0. The van der Waals surface area contributed by atoms with E-state index in [-0.39, 0.29) is 31.6 Å². The maximum Gasteiger partial charge on any atom is 0.231 e. The molecule has 1 aliphatic carbocycles. The first-order valence-corrected chi connectivity index (χ1v) is 8.63. The van der Waals surface area contributed by atoms with Gasteiger partial charge in [-0.15, -0.1) is 0 Å². The molecule has 0 bridgehead atoms. The summed E-state index contributed by atoms with van der Waals surface area (Å²) in [7, 11) is -3.28. The number of aliphatic hydroxyl groups excluding tert-OH is 1. The largest absolute Gasteiger partial charge is 0.454 e. The van der Waals surface area contributed by atoms with Gasteiger partial charge in [-0.2, -0.15) is 0 Å². The highest BCUT2D eigenvalue weighted by Crippen LogP contribution is 2.62. The third-order valence-electron chi connectivity index (χ3n) is 4.60. The number of ether oxygens (including phenoxy) is 2. The molecule has 7 heteroatoms. The Morgan fingerprint density at radius 1 is 1.38 bits per heavy atom. The summed E-state index contributed by atoms with van der Waals surface area (Å²) in [6.07, 6.45) is 0. The molecular weight excluding hydrogens is 294 g/mol. The van der Waals surface area contributed by atoms with Crippen molar-refractivity contribution >= 4 is 9.84 Å². The Morgan fingerprint density at radius 2 is 2.10 bits per heavy atom. The maximum atomic E-state index is 12.3. The molecule has 116 valence electrons. The van der Waals surface area contributed by atoms with Gasteiger partial charge in [-0.05, 0) is 17.7 Å². The number of hydrogen-bond acceptors (Lipinski definition) is 6. The summed E-state index contributed by atoms with van der Waals surface area (Å²) in [5.41, 5.74) is 5.81. The third-order valence-corrected chi connectivity index (χ3v) is 6.92. The van der Waals surface area contributed by atoms with Crippen molar-refractivity contribution in [2.24, 2.45) is 11.1 Å². The van der Waals surface area contributed by atoms with E-state index in [1.807, 2.05) is 6.07 Å². The lowest BCUT2D eigenvalue weighted by Crippen LogP contribution is -2.28. The molecule has 1 heterocycles. The minimum absolute atomic E-state index is 0.0421. The van der Waals surface area contributed by atoms with Crippen LogP contribution in [-0.2, 0) is 9.84 Å². The molecule has 1 saturated carbocycles. The first-order chi connectivity index (χ1) is 10.00. The van der Waals surface area contributed by atoms with Crippen LogP contribution in [0.25, 0.3) is 0 Å². The molecule has 0 spiro atoms. The number of sulfone groups is 1. The molecule has 2 aliphatic rings. The molecule has 1 aliphatic heterocycles. The molecular formula is C14H19NO5S. The number of rotatable bonds is 5. The third kappa shape index (κ3) is 2.03. The van der Waals surface area contributed by atoms with Gasteiger partial charge in [0.2, 0.25) is 6.79 Å². The highest BCUT2D eigenvalue weighted by atomic mass is 32.2. The Bertz CT molecular complexity index is 653. The number of nitrogens with two attached hydrogens (primary N) is 1. The van der Waals surface area contributed by atoms with E-state index in [0.29, 0.717) is 11.5 Å². The number of fused-ring (bicyclic) bond motifs is 1. The highest BCUT2D eigenvalue weighted by Gasteiger charge is 2.69. The second kappa shape index (κ2) is 4.86. The first-order valence-electron chi connectivity index (χ1n) is 6.92. The second-order valence-electron chi connectivity index (χ2n) is 5.56. The average molecular weight is 313 g/mol. The van der Waals surface area contributed by atoms with Gasteiger partial charge >= 0.3 is 0 Å². The second-order valence-corrected chi connectivity index (χ2v) is 7.97. The van der Waals surface area contributed by atoms with Crippen LogP contribution in [0.3, 0.4) is 0 Å². The van der Waals surface area contributed by atoms with Gasteiger partial charge in [0.1, 0.15) is 0 Å². The molecule has 0 aromatic heterocycles. The van der Waals surface area contributed by atoms with Crippen molar-refractivity contribution in [3.63, 3.8) is 0 Å². The molecule has 0 saturated heterocycles. The van der Waals surface area contributed by atoms with Gasteiger partial charge in [0.25, 0.3) is 0 Å². The van der Waals surface area contributed by atoms with E-state index >= 15 is 0 Å². The maximum absolute atomic E-state index is 12.3. The molecule has 0 radical (unpaired) electrons. The van der Waals surface area contributed by atoms with Gasteiger partial charge in [-0.3, -0.25) is 0 Å². The quantitative estimate of drug-likeness (QED) is 0.808. The normalized spacial score (nSPS) is 30.4. The van der Waals surface area contributed by atoms with Crippen LogP contribution in [-0.4, -0.2) is 44.5 Å². The zero-order chi connectivity index (χ0) is 15.3. The van der Waals surface area contributed by atoms with Gasteiger partial charge in [-0.1, -0.05) is 13.0 Å². The van der Waals surface area contributed by atoms with Crippen molar-refractivity contribution in [3.05, 3.63) is 23.8 Å². The van der Waals surface area contributed by atoms with Crippen molar-refractivity contribution < 1.29 is 23.0 Å². The fourth-order valence-electron chi connectivity index (χ4n) is 3.31. The Kier molecular flexibility index (Phi) is 3.38. The van der Waals surface area contributed by atoms with Crippen molar-refractivity contribution in [1.82, 2.24) is 0 Å². The lowest BCUT2D eigenvalue weighted by Gasteiger charge is -2.11. The van der Waals surface area contributed by atoms with E-state index < -0.39 is 20.5 Å². The minimum atomic E-state index is -3.28. The smallest absolute Gasteiger partial charge is 0.231 e. The Hall–Kier alpha value is -1.31. The first kappa shape index (κ1) is 14.6. The van der Waals surface area contributed by atoms with Gasteiger partial charge in [-0.25, -0.2) is 8.42 Å². The SMILES string of the molecule is CCS(=O)(=O)[C@H]1[C@@H](c2ccc3c(c2)OCO3)[C@@]1(CN)CO. The van der Waals surface area contributed by atoms with E-state index in [2.05, 4.69) is 0 Å². The zero-order valence-electron chi connectivity index (χ0n) is 11.8. The number of benzene rings is 1. The Balaban J connectivity index is 2.01. The molecule has 1 fully saturated rings. The van der Waals surface area contributed by atoms with Crippen LogP contribution in [0, 0.1) is 5.41 Å². The van der Waals surface area contributed by atoms with E-state index in [1.165, 1.54) is 0 Å². The molecule has 3 rings (SSSR count). The van der Waals surface area contributed by atoms with Crippen LogP contribution in [0.5, 0.6) is 11.5 Å². The van der Waals surface area contributed by atoms with Crippen LogP contribution >= 0.6 is 0 Å². The van der Waals surface area contributed by atoms with Crippen molar-refractivity contribution in [3.8, 4) is 11.5 Å². The van der Waals surface area contributed by atoms with E-state index in [1.54, 1.807) is 19.1 Å². The van der Waals surface area contributed by atoms with Crippen LogP contribution < -0.4 is 15.2 Å². The topological polar surface area (TPSA) is 98.9 Å². The fraction of sp³-hybridized carbons (Fsp3) is 0.571. The summed E-state index contributed by atoms with van der Waals surface area (Å²) in [5, 5.41) is 9.08. The molecule has 1 aromatic carbocycles. The van der Waals surface area contributed by atoms with Gasteiger partial charge in [0.05, 0.1) is 11.9 Å². The molecule has 6 nitrogen and oxygen atoms in total.